The van der Waals surface area contributed by atoms with Crippen LogP contribution >= 0.6 is 11.5 Å². The SMILES string of the molecule is Nc1nsc(N2CCCS(=O)CC2)n1. The molecule has 1 aliphatic heterocycles. The van der Waals surface area contributed by atoms with E-state index in [9.17, 15) is 4.21 Å². The van der Waals surface area contributed by atoms with Crippen LogP contribution in [-0.2, 0) is 10.8 Å². The third kappa shape index (κ3) is 2.21. The van der Waals surface area contributed by atoms with Gasteiger partial charge in [0, 0.05) is 46.9 Å². The van der Waals surface area contributed by atoms with E-state index in [-0.39, 0.29) is 0 Å². The molecule has 0 aromatic carbocycles. The molecule has 1 aliphatic rings. The van der Waals surface area contributed by atoms with E-state index in [1.807, 2.05) is 0 Å². The van der Waals surface area contributed by atoms with Gasteiger partial charge in [-0.1, -0.05) is 0 Å². The summed E-state index contributed by atoms with van der Waals surface area (Å²) in [6, 6.07) is 0. The lowest BCUT2D eigenvalue weighted by atomic mass is 10.4. The minimum Gasteiger partial charge on any atom is -0.367 e. The highest BCUT2D eigenvalue weighted by Gasteiger charge is 2.16. The summed E-state index contributed by atoms with van der Waals surface area (Å²) >= 11 is 1.31. The van der Waals surface area contributed by atoms with Crippen molar-refractivity contribution in [1.29, 1.82) is 0 Å². The van der Waals surface area contributed by atoms with Gasteiger partial charge in [0.1, 0.15) is 0 Å². The molecule has 1 aromatic rings. The normalized spacial score (nSPS) is 23.4. The van der Waals surface area contributed by atoms with Gasteiger partial charge < -0.3 is 10.6 Å². The molecule has 1 fully saturated rings. The molecule has 5 nitrogen and oxygen atoms in total. The lowest BCUT2D eigenvalue weighted by molar-refractivity contribution is 0.683. The Labute approximate surface area is 88.9 Å². The first-order valence-corrected chi connectivity index (χ1v) is 6.71. The fourth-order valence-corrected chi connectivity index (χ4v) is 3.12. The van der Waals surface area contributed by atoms with Gasteiger partial charge in [-0.3, -0.25) is 4.21 Å². The van der Waals surface area contributed by atoms with E-state index in [0.717, 1.165) is 36.1 Å². The maximum Gasteiger partial charge on any atom is 0.233 e. The number of nitrogens with two attached hydrogens (primary N) is 1. The summed E-state index contributed by atoms with van der Waals surface area (Å²) in [4.78, 5) is 6.22. The Bertz CT molecular complexity index is 340. The zero-order chi connectivity index (χ0) is 9.97. The molecule has 0 bridgehead atoms. The smallest absolute Gasteiger partial charge is 0.233 e. The molecular formula is C7H12N4OS2. The molecule has 0 aliphatic carbocycles. The minimum absolute atomic E-state index is 0.329. The third-order valence-electron chi connectivity index (χ3n) is 2.09. The Kier molecular flexibility index (Phi) is 2.97. The fourth-order valence-electron chi connectivity index (χ4n) is 1.39. The first-order chi connectivity index (χ1) is 6.75. The molecule has 0 saturated carbocycles. The topological polar surface area (TPSA) is 72.1 Å². The van der Waals surface area contributed by atoms with Crippen molar-refractivity contribution in [1.82, 2.24) is 9.36 Å². The Morgan fingerprint density at radius 1 is 1.43 bits per heavy atom. The number of rotatable bonds is 1. The molecule has 2 heterocycles. The van der Waals surface area contributed by atoms with Crippen LogP contribution in [0.2, 0.25) is 0 Å². The molecule has 14 heavy (non-hydrogen) atoms. The summed E-state index contributed by atoms with van der Waals surface area (Å²) in [5.41, 5.74) is 5.45. The monoisotopic (exact) mass is 232 g/mol. The van der Waals surface area contributed by atoms with E-state index >= 15 is 0 Å². The molecule has 0 radical (unpaired) electrons. The summed E-state index contributed by atoms with van der Waals surface area (Å²) in [5.74, 6) is 1.85. The minimum atomic E-state index is -0.662. The van der Waals surface area contributed by atoms with Gasteiger partial charge in [0.05, 0.1) is 0 Å². The maximum absolute atomic E-state index is 11.3. The third-order valence-corrected chi connectivity index (χ3v) is 4.26. The Morgan fingerprint density at radius 3 is 3.00 bits per heavy atom. The molecule has 1 atom stereocenters. The van der Waals surface area contributed by atoms with Crippen LogP contribution in [0.25, 0.3) is 0 Å². The van der Waals surface area contributed by atoms with E-state index in [1.54, 1.807) is 0 Å². The zero-order valence-corrected chi connectivity index (χ0v) is 9.31. The predicted octanol–water partition coefficient (Wildman–Crippen LogP) is 0.0791. The van der Waals surface area contributed by atoms with Gasteiger partial charge in [0.2, 0.25) is 11.1 Å². The van der Waals surface area contributed by atoms with Crippen LogP contribution in [0.4, 0.5) is 11.1 Å². The molecule has 0 spiro atoms. The van der Waals surface area contributed by atoms with Crippen molar-refractivity contribution in [3.63, 3.8) is 0 Å². The Hall–Kier alpha value is -0.690. The highest BCUT2D eigenvalue weighted by atomic mass is 32.2. The van der Waals surface area contributed by atoms with Gasteiger partial charge in [0.15, 0.2) is 0 Å². The number of nitrogen functional groups attached to an aromatic ring is 1. The maximum atomic E-state index is 11.3. The number of anilines is 2. The first kappa shape index (κ1) is 9.85. The average Bonchev–Trinajstić information content (AvgIpc) is 2.46. The van der Waals surface area contributed by atoms with Crippen molar-refractivity contribution < 1.29 is 4.21 Å². The van der Waals surface area contributed by atoms with E-state index in [1.165, 1.54) is 11.5 Å². The van der Waals surface area contributed by atoms with E-state index < -0.39 is 10.8 Å². The Balaban J connectivity index is 2.07. The molecule has 1 saturated heterocycles. The van der Waals surface area contributed by atoms with Crippen molar-refractivity contribution in [3.8, 4) is 0 Å². The Morgan fingerprint density at radius 2 is 2.29 bits per heavy atom. The van der Waals surface area contributed by atoms with Crippen LogP contribution < -0.4 is 10.6 Å². The highest BCUT2D eigenvalue weighted by molar-refractivity contribution is 7.85. The molecule has 1 unspecified atom stereocenters. The number of hydrogen-bond donors (Lipinski definition) is 1. The van der Waals surface area contributed by atoms with Crippen molar-refractivity contribution in [2.45, 2.75) is 6.42 Å². The average molecular weight is 232 g/mol. The molecular weight excluding hydrogens is 220 g/mol. The quantitative estimate of drug-likeness (QED) is 0.742. The van der Waals surface area contributed by atoms with Gasteiger partial charge in [-0.2, -0.15) is 9.36 Å². The summed E-state index contributed by atoms with van der Waals surface area (Å²) in [7, 11) is -0.662. The summed E-state index contributed by atoms with van der Waals surface area (Å²) in [5, 5.41) is 0.849. The molecule has 2 N–H and O–H groups in total. The van der Waals surface area contributed by atoms with E-state index in [4.69, 9.17) is 5.73 Å². The number of hydrogen-bond acceptors (Lipinski definition) is 6. The largest absolute Gasteiger partial charge is 0.367 e. The summed E-state index contributed by atoms with van der Waals surface area (Å²) in [6.45, 7) is 1.70. The van der Waals surface area contributed by atoms with Crippen LogP contribution in [0.15, 0.2) is 0 Å². The van der Waals surface area contributed by atoms with Gasteiger partial charge in [-0.05, 0) is 6.42 Å². The van der Waals surface area contributed by atoms with Crippen molar-refractivity contribution in [2.75, 3.05) is 35.2 Å². The highest BCUT2D eigenvalue weighted by Crippen LogP contribution is 2.19. The number of aromatic nitrogens is 2. The van der Waals surface area contributed by atoms with Crippen LogP contribution in [0, 0.1) is 0 Å². The molecule has 2 rings (SSSR count). The summed E-state index contributed by atoms with van der Waals surface area (Å²) in [6.07, 6.45) is 0.950. The van der Waals surface area contributed by atoms with Crippen LogP contribution in [0.5, 0.6) is 0 Å². The van der Waals surface area contributed by atoms with Crippen molar-refractivity contribution in [3.05, 3.63) is 0 Å². The lowest BCUT2D eigenvalue weighted by Gasteiger charge is -2.17. The molecule has 1 aromatic heterocycles. The molecule has 0 amide bonds. The second kappa shape index (κ2) is 4.22. The van der Waals surface area contributed by atoms with Gasteiger partial charge in [-0.25, -0.2) is 0 Å². The first-order valence-electron chi connectivity index (χ1n) is 4.45. The van der Waals surface area contributed by atoms with Gasteiger partial charge >= 0.3 is 0 Å². The van der Waals surface area contributed by atoms with E-state index in [0.29, 0.717) is 5.95 Å². The van der Waals surface area contributed by atoms with Crippen molar-refractivity contribution >= 4 is 33.4 Å². The number of nitrogens with zero attached hydrogens (tertiary/aromatic N) is 3. The van der Waals surface area contributed by atoms with Crippen LogP contribution in [0.3, 0.4) is 0 Å². The lowest BCUT2D eigenvalue weighted by Crippen LogP contribution is -2.25. The van der Waals surface area contributed by atoms with Gasteiger partial charge in [0.25, 0.3) is 0 Å². The van der Waals surface area contributed by atoms with E-state index in [2.05, 4.69) is 14.3 Å². The van der Waals surface area contributed by atoms with Crippen LogP contribution in [-0.4, -0.2) is 38.2 Å². The molecule has 78 valence electrons. The second-order valence-electron chi connectivity index (χ2n) is 3.12. The predicted molar refractivity (Wildman–Crippen MR) is 59.0 cm³/mol. The second-order valence-corrected chi connectivity index (χ2v) is 5.55. The standard InChI is InChI=1S/C7H12N4OS2/c8-6-9-7(13-10-6)11-2-1-4-14(12)5-3-11/h1-5H2,(H2,8,10). The van der Waals surface area contributed by atoms with Gasteiger partial charge in [-0.15, -0.1) is 0 Å². The zero-order valence-electron chi connectivity index (χ0n) is 7.68. The fraction of sp³-hybridized carbons (Fsp3) is 0.714. The van der Waals surface area contributed by atoms with Crippen LogP contribution in [0.1, 0.15) is 6.42 Å². The molecule has 7 heteroatoms. The van der Waals surface area contributed by atoms with Crippen molar-refractivity contribution in [2.24, 2.45) is 0 Å². The summed E-state index contributed by atoms with van der Waals surface area (Å²) < 4.78 is 15.2.